The Hall–Kier alpha value is -1.68. The third kappa shape index (κ3) is 2.60. The van der Waals surface area contributed by atoms with Gasteiger partial charge < -0.3 is 15.6 Å². The van der Waals surface area contributed by atoms with E-state index in [0.717, 1.165) is 23.9 Å². The van der Waals surface area contributed by atoms with Crippen LogP contribution in [0.3, 0.4) is 0 Å². The minimum atomic E-state index is -3.37. The molecule has 10 heteroatoms. The van der Waals surface area contributed by atoms with Crippen LogP contribution >= 0.6 is 11.5 Å². The number of hydrogen-bond acceptors (Lipinski definition) is 8. The van der Waals surface area contributed by atoms with Gasteiger partial charge in [-0.05, 0) is 31.3 Å². The van der Waals surface area contributed by atoms with E-state index in [1.54, 1.807) is 6.33 Å². The Labute approximate surface area is 126 Å². The summed E-state index contributed by atoms with van der Waals surface area (Å²) in [4.78, 5) is 0.137. The van der Waals surface area contributed by atoms with Gasteiger partial charge in [0.25, 0.3) is 0 Å². The molecule has 0 radical (unpaired) electrons. The average molecular weight is 328 g/mol. The maximum absolute atomic E-state index is 12.4. The lowest BCUT2D eigenvalue weighted by molar-refractivity contribution is 0.595. The molecule has 0 saturated heterocycles. The maximum atomic E-state index is 12.4. The van der Waals surface area contributed by atoms with Crippen LogP contribution in [0.2, 0.25) is 0 Å². The van der Waals surface area contributed by atoms with E-state index in [2.05, 4.69) is 19.9 Å². The van der Waals surface area contributed by atoms with E-state index in [1.165, 1.54) is 0 Å². The Morgan fingerprint density at radius 3 is 2.95 bits per heavy atom. The van der Waals surface area contributed by atoms with Crippen molar-refractivity contribution in [3.05, 3.63) is 12.2 Å². The molecule has 21 heavy (non-hydrogen) atoms. The van der Waals surface area contributed by atoms with Crippen LogP contribution in [0.5, 0.6) is 0 Å². The Kier molecular flexibility index (Phi) is 3.57. The van der Waals surface area contributed by atoms with Gasteiger partial charge in [0.05, 0.1) is 11.8 Å². The highest BCUT2D eigenvalue weighted by Crippen LogP contribution is 2.41. The van der Waals surface area contributed by atoms with Crippen LogP contribution in [-0.2, 0) is 22.9 Å². The van der Waals surface area contributed by atoms with Gasteiger partial charge in [-0.1, -0.05) is 0 Å². The third-order valence-electron chi connectivity index (χ3n) is 3.37. The Morgan fingerprint density at radius 2 is 2.29 bits per heavy atom. The first-order chi connectivity index (χ1) is 10.0. The fraction of sp³-hybridized carbons (Fsp3) is 0.545. The summed E-state index contributed by atoms with van der Waals surface area (Å²) in [5.41, 5.74) is 5.75. The van der Waals surface area contributed by atoms with Crippen molar-refractivity contribution in [2.75, 3.05) is 11.1 Å². The highest BCUT2D eigenvalue weighted by molar-refractivity contribution is 7.92. The zero-order valence-corrected chi connectivity index (χ0v) is 13.1. The predicted molar refractivity (Wildman–Crippen MR) is 79.8 cm³/mol. The summed E-state index contributed by atoms with van der Waals surface area (Å²) >= 11 is 1.06. The molecule has 114 valence electrons. The first-order valence-electron chi connectivity index (χ1n) is 6.63. The fourth-order valence-corrected chi connectivity index (χ4v) is 4.95. The van der Waals surface area contributed by atoms with Gasteiger partial charge in [-0.3, -0.25) is 0 Å². The van der Waals surface area contributed by atoms with Crippen LogP contribution in [0.15, 0.2) is 11.2 Å². The van der Waals surface area contributed by atoms with Gasteiger partial charge in [0.15, 0.2) is 21.5 Å². The average Bonchev–Trinajstić information content (AvgIpc) is 3.11. The van der Waals surface area contributed by atoms with Crippen molar-refractivity contribution in [2.24, 2.45) is 0 Å². The Morgan fingerprint density at radius 1 is 1.52 bits per heavy atom. The first-order valence-corrected chi connectivity index (χ1v) is 8.95. The lowest BCUT2D eigenvalue weighted by Gasteiger charge is -2.08. The van der Waals surface area contributed by atoms with Crippen molar-refractivity contribution >= 4 is 32.2 Å². The standard InChI is InChI=1S/C11H16N6O2S2/c1-2-17-6-14-15-8(17)5-13-11-9(10(12)16-20-11)21(18,19)7-3-4-7/h6-7,13H,2-5H2,1H3,(H2,12,16). The number of hydrogen-bond donors (Lipinski definition) is 2. The molecule has 2 aromatic rings. The SMILES string of the molecule is CCn1cnnc1CNc1snc(N)c1S(=O)(=O)C1CC1. The predicted octanol–water partition coefficient (Wildman–Crippen LogP) is 0.885. The number of nitrogen functional groups attached to an aromatic ring is 1. The summed E-state index contributed by atoms with van der Waals surface area (Å²) in [6, 6.07) is 0. The van der Waals surface area contributed by atoms with Crippen LogP contribution in [0.25, 0.3) is 0 Å². The largest absolute Gasteiger partial charge is 0.382 e. The molecule has 1 fully saturated rings. The number of rotatable bonds is 6. The van der Waals surface area contributed by atoms with Gasteiger partial charge in [0, 0.05) is 6.54 Å². The quantitative estimate of drug-likeness (QED) is 0.808. The summed E-state index contributed by atoms with van der Waals surface area (Å²) in [5.74, 6) is 0.811. The van der Waals surface area contributed by atoms with Crippen LogP contribution in [0.1, 0.15) is 25.6 Å². The molecule has 0 bridgehead atoms. The van der Waals surface area contributed by atoms with E-state index in [9.17, 15) is 8.42 Å². The van der Waals surface area contributed by atoms with Gasteiger partial charge in [-0.15, -0.1) is 10.2 Å². The van der Waals surface area contributed by atoms with Crippen LogP contribution in [0, 0.1) is 0 Å². The lowest BCUT2D eigenvalue weighted by atomic mass is 10.5. The van der Waals surface area contributed by atoms with Crippen LogP contribution in [0.4, 0.5) is 10.8 Å². The fourth-order valence-electron chi connectivity index (χ4n) is 2.07. The molecule has 0 spiro atoms. The number of aryl methyl sites for hydroxylation is 1. The van der Waals surface area contributed by atoms with E-state index in [1.807, 2.05) is 11.5 Å². The molecule has 0 atom stereocenters. The normalized spacial score (nSPS) is 15.3. The van der Waals surface area contributed by atoms with E-state index < -0.39 is 9.84 Å². The third-order valence-corrected chi connectivity index (χ3v) is 6.64. The number of anilines is 2. The molecular weight excluding hydrogens is 312 g/mol. The number of aromatic nitrogens is 4. The van der Waals surface area contributed by atoms with E-state index >= 15 is 0 Å². The summed E-state index contributed by atoms with van der Waals surface area (Å²) in [6.45, 7) is 3.12. The first kappa shape index (κ1) is 14.3. The highest BCUT2D eigenvalue weighted by atomic mass is 32.2. The van der Waals surface area contributed by atoms with Crippen molar-refractivity contribution in [1.29, 1.82) is 0 Å². The van der Waals surface area contributed by atoms with Crippen molar-refractivity contribution in [2.45, 2.75) is 43.0 Å². The molecular formula is C11H16N6O2S2. The van der Waals surface area contributed by atoms with Gasteiger partial charge in [-0.2, -0.15) is 4.37 Å². The van der Waals surface area contributed by atoms with Gasteiger partial charge in [-0.25, -0.2) is 8.42 Å². The molecule has 0 amide bonds. The molecule has 1 saturated carbocycles. The second kappa shape index (κ2) is 5.26. The molecule has 0 unspecified atom stereocenters. The molecule has 3 rings (SSSR count). The Bertz CT molecular complexity index is 747. The number of nitrogens with zero attached hydrogens (tertiary/aromatic N) is 4. The summed E-state index contributed by atoms with van der Waals surface area (Å²) in [5, 5.41) is 11.1. The smallest absolute Gasteiger partial charge is 0.187 e. The summed E-state index contributed by atoms with van der Waals surface area (Å²) in [7, 11) is -3.37. The number of nitrogens with one attached hydrogen (secondary N) is 1. The monoisotopic (exact) mass is 328 g/mol. The zero-order chi connectivity index (χ0) is 15.0. The van der Waals surface area contributed by atoms with Gasteiger partial charge >= 0.3 is 0 Å². The lowest BCUT2D eigenvalue weighted by Crippen LogP contribution is -2.13. The molecule has 0 aromatic carbocycles. The molecule has 2 heterocycles. The van der Waals surface area contributed by atoms with E-state index in [-0.39, 0.29) is 16.0 Å². The van der Waals surface area contributed by atoms with E-state index in [4.69, 9.17) is 5.73 Å². The second-order valence-electron chi connectivity index (χ2n) is 4.86. The van der Waals surface area contributed by atoms with E-state index in [0.29, 0.717) is 24.4 Å². The molecule has 8 nitrogen and oxygen atoms in total. The van der Waals surface area contributed by atoms with Crippen molar-refractivity contribution in [3.8, 4) is 0 Å². The minimum Gasteiger partial charge on any atom is -0.382 e. The molecule has 1 aliphatic rings. The maximum Gasteiger partial charge on any atom is 0.187 e. The second-order valence-corrected chi connectivity index (χ2v) is 7.80. The molecule has 2 aromatic heterocycles. The summed E-state index contributed by atoms with van der Waals surface area (Å²) in [6.07, 6.45) is 3.03. The van der Waals surface area contributed by atoms with Gasteiger partial charge in [0.2, 0.25) is 0 Å². The topological polar surface area (TPSA) is 116 Å². The van der Waals surface area contributed by atoms with Crippen molar-refractivity contribution < 1.29 is 8.42 Å². The zero-order valence-electron chi connectivity index (χ0n) is 11.5. The van der Waals surface area contributed by atoms with Gasteiger partial charge in [0.1, 0.15) is 16.2 Å². The van der Waals surface area contributed by atoms with Crippen LogP contribution in [-0.4, -0.2) is 32.8 Å². The van der Waals surface area contributed by atoms with Crippen LogP contribution < -0.4 is 11.1 Å². The Balaban J connectivity index is 1.84. The molecule has 0 aliphatic heterocycles. The molecule has 3 N–H and O–H groups in total. The minimum absolute atomic E-state index is 0.0753. The summed E-state index contributed by atoms with van der Waals surface area (Å²) < 4.78 is 30.6. The number of sulfone groups is 1. The number of nitrogens with two attached hydrogens (primary N) is 1. The highest BCUT2D eigenvalue weighted by Gasteiger charge is 2.40. The molecule has 1 aliphatic carbocycles. The van der Waals surface area contributed by atoms with Crippen molar-refractivity contribution in [1.82, 2.24) is 19.1 Å². The van der Waals surface area contributed by atoms with Crippen molar-refractivity contribution in [3.63, 3.8) is 0 Å².